The van der Waals surface area contributed by atoms with Gasteiger partial charge in [-0.15, -0.1) is 10.2 Å². The Morgan fingerprint density at radius 2 is 1.81 bits per heavy atom. The third-order valence-electron chi connectivity index (χ3n) is 4.72. The van der Waals surface area contributed by atoms with Crippen LogP contribution in [0, 0.1) is 6.92 Å². The van der Waals surface area contributed by atoms with Crippen LogP contribution in [0.4, 0.5) is 10.8 Å². The molecule has 164 valence electrons. The standard InChI is InChI=1S/C22H22N6O2S2/c1-3-28-18(12-19(29)23-15-9-5-4-8-14(15)2)26-27-22(28)31-13-20(30)25-21-24-16-10-6-7-11-17(16)32-21/h4-11H,3,12-13H2,1-2H3,(H,23,29)(H,24,25,30). The zero-order valence-corrected chi connectivity index (χ0v) is 19.3. The highest BCUT2D eigenvalue weighted by Crippen LogP contribution is 2.26. The summed E-state index contributed by atoms with van der Waals surface area (Å²) in [5.41, 5.74) is 2.63. The van der Waals surface area contributed by atoms with Gasteiger partial charge in [0.1, 0.15) is 5.82 Å². The van der Waals surface area contributed by atoms with Gasteiger partial charge in [-0.1, -0.05) is 53.4 Å². The van der Waals surface area contributed by atoms with Crippen LogP contribution in [0.25, 0.3) is 10.2 Å². The van der Waals surface area contributed by atoms with Gasteiger partial charge < -0.3 is 15.2 Å². The lowest BCUT2D eigenvalue weighted by molar-refractivity contribution is -0.116. The molecular weight excluding hydrogens is 444 g/mol. The molecule has 0 radical (unpaired) electrons. The van der Waals surface area contributed by atoms with E-state index in [1.54, 1.807) is 0 Å². The monoisotopic (exact) mass is 466 g/mol. The molecule has 0 aliphatic carbocycles. The van der Waals surface area contributed by atoms with Gasteiger partial charge in [0.2, 0.25) is 11.8 Å². The third kappa shape index (κ3) is 5.14. The molecule has 2 aromatic carbocycles. The third-order valence-corrected chi connectivity index (χ3v) is 6.64. The van der Waals surface area contributed by atoms with Crippen LogP contribution >= 0.6 is 23.1 Å². The van der Waals surface area contributed by atoms with Crippen LogP contribution in [0.3, 0.4) is 0 Å². The number of rotatable bonds is 8. The molecule has 0 unspecified atom stereocenters. The normalized spacial score (nSPS) is 10.9. The van der Waals surface area contributed by atoms with E-state index in [-0.39, 0.29) is 24.0 Å². The van der Waals surface area contributed by atoms with E-state index in [4.69, 9.17) is 0 Å². The molecule has 4 aromatic rings. The summed E-state index contributed by atoms with van der Waals surface area (Å²) in [5.74, 6) is 0.404. The maximum absolute atomic E-state index is 12.5. The number of hydrogen-bond acceptors (Lipinski definition) is 7. The number of para-hydroxylation sites is 2. The highest BCUT2D eigenvalue weighted by atomic mass is 32.2. The van der Waals surface area contributed by atoms with Crippen molar-refractivity contribution >= 4 is 55.9 Å². The van der Waals surface area contributed by atoms with Crippen LogP contribution < -0.4 is 10.6 Å². The second-order valence-corrected chi connectivity index (χ2v) is 8.98. The molecule has 0 saturated carbocycles. The van der Waals surface area contributed by atoms with Gasteiger partial charge in [-0.3, -0.25) is 9.59 Å². The minimum absolute atomic E-state index is 0.105. The van der Waals surface area contributed by atoms with Crippen molar-refractivity contribution in [3.05, 3.63) is 59.9 Å². The number of carbonyl (C=O) groups excluding carboxylic acids is 2. The van der Waals surface area contributed by atoms with Crippen molar-refractivity contribution in [1.29, 1.82) is 0 Å². The average Bonchev–Trinajstić information content (AvgIpc) is 3.36. The Balaban J connectivity index is 1.35. The van der Waals surface area contributed by atoms with E-state index in [0.29, 0.717) is 22.7 Å². The molecule has 8 nitrogen and oxygen atoms in total. The largest absolute Gasteiger partial charge is 0.325 e. The van der Waals surface area contributed by atoms with Crippen LogP contribution in [0.5, 0.6) is 0 Å². The first kappa shape index (κ1) is 22.0. The van der Waals surface area contributed by atoms with Gasteiger partial charge in [0.05, 0.1) is 22.4 Å². The lowest BCUT2D eigenvalue weighted by atomic mass is 10.2. The van der Waals surface area contributed by atoms with Crippen LogP contribution in [-0.2, 0) is 22.6 Å². The molecule has 0 aliphatic rings. The van der Waals surface area contributed by atoms with Gasteiger partial charge in [0, 0.05) is 12.2 Å². The maximum atomic E-state index is 12.5. The fourth-order valence-electron chi connectivity index (χ4n) is 3.14. The summed E-state index contributed by atoms with van der Waals surface area (Å²) < 4.78 is 2.88. The van der Waals surface area contributed by atoms with Gasteiger partial charge in [0.25, 0.3) is 0 Å². The van der Waals surface area contributed by atoms with Gasteiger partial charge in [0.15, 0.2) is 10.3 Å². The van der Waals surface area contributed by atoms with E-state index in [0.717, 1.165) is 21.5 Å². The molecule has 0 fully saturated rings. The number of thioether (sulfide) groups is 1. The van der Waals surface area contributed by atoms with Crippen LogP contribution in [-0.4, -0.2) is 37.3 Å². The molecule has 0 spiro atoms. The molecule has 0 atom stereocenters. The van der Waals surface area contributed by atoms with E-state index >= 15 is 0 Å². The highest BCUT2D eigenvalue weighted by molar-refractivity contribution is 7.99. The van der Waals surface area contributed by atoms with E-state index < -0.39 is 0 Å². The predicted molar refractivity (Wildman–Crippen MR) is 128 cm³/mol. The van der Waals surface area contributed by atoms with Crippen molar-refractivity contribution < 1.29 is 9.59 Å². The fraction of sp³-hybridized carbons (Fsp3) is 0.227. The number of aryl methyl sites for hydroxylation is 1. The zero-order chi connectivity index (χ0) is 22.5. The van der Waals surface area contributed by atoms with Gasteiger partial charge in [-0.05, 0) is 37.6 Å². The lowest BCUT2D eigenvalue weighted by Crippen LogP contribution is -2.18. The predicted octanol–water partition coefficient (Wildman–Crippen LogP) is 4.13. The van der Waals surface area contributed by atoms with Crippen LogP contribution in [0.2, 0.25) is 0 Å². The number of benzene rings is 2. The Kier molecular flexibility index (Phi) is 6.81. The first-order valence-electron chi connectivity index (χ1n) is 10.1. The second kappa shape index (κ2) is 9.92. The number of nitrogens with one attached hydrogen (secondary N) is 2. The summed E-state index contributed by atoms with van der Waals surface area (Å²) in [6.07, 6.45) is 0.105. The van der Waals surface area contributed by atoms with Gasteiger partial charge in [-0.2, -0.15) is 0 Å². The number of carbonyl (C=O) groups is 2. The van der Waals surface area contributed by atoms with Crippen molar-refractivity contribution in [2.45, 2.75) is 32.0 Å². The number of thiazole rings is 1. The van der Waals surface area contributed by atoms with Crippen molar-refractivity contribution in [3.8, 4) is 0 Å². The summed E-state index contributed by atoms with van der Waals surface area (Å²) in [6, 6.07) is 15.4. The SMILES string of the molecule is CCn1c(CC(=O)Nc2ccccc2C)nnc1SCC(=O)Nc1nc2ccccc2s1. The van der Waals surface area contributed by atoms with E-state index in [2.05, 4.69) is 25.8 Å². The molecule has 4 rings (SSSR count). The first-order valence-corrected chi connectivity index (χ1v) is 11.9. The molecule has 0 aliphatic heterocycles. The minimum Gasteiger partial charge on any atom is -0.325 e. The molecule has 0 bridgehead atoms. The summed E-state index contributed by atoms with van der Waals surface area (Å²) in [5, 5.41) is 15.3. The molecule has 32 heavy (non-hydrogen) atoms. The lowest BCUT2D eigenvalue weighted by Gasteiger charge is -2.09. The van der Waals surface area contributed by atoms with Gasteiger partial charge in [-0.25, -0.2) is 4.98 Å². The highest BCUT2D eigenvalue weighted by Gasteiger charge is 2.17. The number of hydrogen-bond donors (Lipinski definition) is 2. The maximum Gasteiger partial charge on any atom is 0.236 e. The molecule has 2 heterocycles. The van der Waals surface area contributed by atoms with Crippen molar-refractivity contribution in [1.82, 2.24) is 19.7 Å². The molecule has 2 amide bonds. The zero-order valence-electron chi connectivity index (χ0n) is 17.7. The number of anilines is 2. The van der Waals surface area contributed by atoms with Crippen LogP contribution in [0.15, 0.2) is 53.7 Å². The Morgan fingerprint density at radius 1 is 1.03 bits per heavy atom. The summed E-state index contributed by atoms with van der Waals surface area (Å²) in [6.45, 7) is 4.50. The number of fused-ring (bicyclic) bond motifs is 1. The van der Waals surface area contributed by atoms with Crippen molar-refractivity contribution in [3.63, 3.8) is 0 Å². The minimum atomic E-state index is -0.168. The molecule has 2 aromatic heterocycles. The number of aromatic nitrogens is 4. The van der Waals surface area contributed by atoms with E-state index in [9.17, 15) is 9.59 Å². The first-order chi connectivity index (χ1) is 15.5. The van der Waals surface area contributed by atoms with E-state index in [1.165, 1.54) is 23.1 Å². The molecule has 0 saturated heterocycles. The Hall–Kier alpha value is -3.24. The topological polar surface area (TPSA) is 102 Å². The van der Waals surface area contributed by atoms with Gasteiger partial charge >= 0.3 is 0 Å². The summed E-state index contributed by atoms with van der Waals surface area (Å²) in [4.78, 5) is 29.3. The Bertz CT molecular complexity index is 1230. The fourth-order valence-corrected chi connectivity index (χ4v) is 4.84. The summed E-state index contributed by atoms with van der Waals surface area (Å²) >= 11 is 2.72. The number of nitrogens with zero attached hydrogens (tertiary/aromatic N) is 4. The number of amides is 2. The second-order valence-electron chi connectivity index (χ2n) is 7.01. The average molecular weight is 467 g/mol. The molecule has 2 N–H and O–H groups in total. The Labute approximate surface area is 193 Å². The summed E-state index contributed by atoms with van der Waals surface area (Å²) in [7, 11) is 0. The van der Waals surface area contributed by atoms with Crippen molar-refractivity contribution in [2.75, 3.05) is 16.4 Å². The molecule has 10 heteroatoms. The molecular formula is C22H22N6O2S2. The quantitative estimate of drug-likeness (QED) is 0.379. The van der Waals surface area contributed by atoms with Crippen molar-refractivity contribution in [2.24, 2.45) is 0 Å². The van der Waals surface area contributed by atoms with Crippen LogP contribution in [0.1, 0.15) is 18.3 Å². The smallest absolute Gasteiger partial charge is 0.236 e. The Morgan fingerprint density at radius 3 is 2.59 bits per heavy atom. The van der Waals surface area contributed by atoms with E-state index in [1.807, 2.05) is 66.9 Å².